The summed E-state index contributed by atoms with van der Waals surface area (Å²) < 4.78 is 12.4. The largest absolute Gasteiger partial charge is 0.339 e. The zero-order valence-electron chi connectivity index (χ0n) is 18.9. The van der Waals surface area contributed by atoms with E-state index in [0.717, 1.165) is 22.4 Å². The number of ether oxygens (including phenoxy) is 2. The van der Waals surface area contributed by atoms with Crippen molar-refractivity contribution in [1.29, 1.82) is 0 Å². The zero-order chi connectivity index (χ0) is 21.9. The van der Waals surface area contributed by atoms with E-state index in [4.69, 9.17) is 9.47 Å². The molecule has 1 heterocycles. The van der Waals surface area contributed by atoms with Gasteiger partial charge in [0.1, 0.15) is 0 Å². The Morgan fingerprint density at radius 2 is 1.43 bits per heavy atom. The summed E-state index contributed by atoms with van der Waals surface area (Å²) in [5.41, 5.74) is 4.05. The van der Waals surface area contributed by atoms with Gasteiger partial charge in [-0.25, -0.2) is 4.79 Å². The van der Waals surface area contributed by atoms with E-state index in [0.29, 0.717) is 11.8 Å². The second kappa shape index (κ2) is 9.19. The van der Waals surface area contributed by atoms with E-state index in [9.17, 15) is 4.79 Å². The number of carbonyl (C=O) groups is 1. The number of para-hydroxylation sites is 1. The van der Waals surface area contributed by atoms with Crippen molar-refractivity contribution in [2.75, 3.05) is 11.9 Å². The summed E-state index contributed by atoms with van der Waals surface area (Å²) in [5.74, 6) is -0.383. The predicted molar refractivity (Wildman–Crippen MR) is 121 cm³/mol. The Morgan fingerprint density at radius 3 is 1.93 bits per heavy atom. The summed E-state index contributed by atoms with van der Waals surface area (Å²) in [6.07, 6.45) is -0.131. The quantitative estimate of drug-likeness (QED) is 0.639. The van der Waals surface area contributed by atoms with Crippen molar-refractivity contribution in [1.82, 2.24) is 5.32 Å². The topological polar surface area (TPSA) is 59.6 Å². The number of amides is 2. The highest BCUT2D eigenvalue weighted by atomic mass is 16.8. The van der Waals surface area contributed by atoms with Gasteiger partial charge in [0.15, 0.2) is 0 Å². The molecular weight excluding hydrogens is 376 g/mol. The molecule has 0 aliphatic carbocycles. The van der Waals surface area contributed by atoms with Crippen LogP contribution < -0.4 is 10.6 Å². The molecule has 0 spiro atoms. The average molecular weight is 411 g/mol. The number of hydrogen-bond acceptors (Lipinski definition) is 3. The summed E-state index contributed by atoms with van der Waals surface area (Å²) >= 11 is 0. The molecule has 0 saturated carbocycles. The molecule has 3 atom stereocenters. The third-order valence-electron chi connectivity index (χ3n) is 5.72. The fourth-order valence-corrected chi connectivity index (χ4v) is 3.88. The number of anilines is 1. The molecule has 2 aromatic rings. The van der Waals surface area contributed by atoms with Crippen LogP contribution >= 0.6 is 0 Å². The average Bonchev–Trinajstić information content (AvgIpc) is 3.02. The molecule has 1 unspecified atom stereocenters. The van der Waals surface area contributed by atoms with Crippen LogP contribution in [0.1, 0.15) is 70.1 Å². The first-order valence-electron chi connectivity index (χ1n) is 10.8. The summed E-state index contributed by atoms with van der Waals surface area (Å²) in [6.45, 7) is 12.7. The minimum atomic E-state index is -0.990. The van der Waals surface area contributed by atoms with Crippen LogP contribution in [0, 0.1) is 0 Å². The molecule has 0 bridgehead atoms. The Bertz CT molecular complexity index is 828. The van der Waals surface area contributed by atoms with Gasteiger partial charge in [-0.2, -0.15) is 0 Å². The number of carbonyl (C=O) groups excluding carboxylic acids is 1. The van der Waals surface area contributed by atoms with Gasteiger partial charge < -0.3 is 20.1 Å². The van der Waals surface area contributed by atoms with Crippen molar-refractivity contribution in [2.45, 2.75) is 71.4 Å². The Labute approximate surface area is 180 Å². The third kappa shape index (κ3) is 4.68. The van der Waals surface area contributed by atoms with Crippen LogP contribution in [0.15, 0.2) is 48.5 Å². The van der Waals surface area contributed by atoms with E-state index in [1.165, 1.54) is 0 Å². The Hall–Kier alpha value is -2.37. The van der Waals surface area contributed by atoms with Crippen LogP contribution in [0.5, 0.6) is 0 Å². The van der Waals surface area contributed by atoms with Gasteiger partial charge >= 0.3 is 6.03 Å². The van der Waals surface area contributed by atoms with Crippen LogP contribution in [0.3, 0.4) is 0 Å². The lowest BCUT2D eigenvalue weighted by molar-refractivity contribution is -0.176. The molecule has 0 radical (unpaired) electrons. The van der Waals surface area contributed by atoms with Crippen molar-refractivity contribution >= 4 is 11.7 Å². The van der Waals surface area contributed by atoms with E-state index in [2.05, 4.69) is 56.5 Å². The molecule has 1 saturated heterocycles. The number of hydrogen-bond donors (Lipinski definition) is 2. The van der Waals surface area contributed by atoms with Gasteiger partial charge in [0, 0.05) is 11.3 Å². The van der Waals surface area contributed by atoms with Gasteiger partial charge in [-0.1, -0.05) is 76.2 Å². The van der Waals surface area contributed by atoms with Gasteiger partial charge in [-0.3, -0.25) is 0 Å². The fraction of sp³-hybridized carbons (Fsp3) is 0.480. The zero-order valence-corrected chi connectivity index (χ0v) is 18.9. The second-order valence-electron chi connectivity index (χ2n) is 8.69. The standard InChI is InChI=1S/C25H34N2O3/c1-16(2)21-13-10-14-22(17(3)4)23(21)27-24(28)26-15-25(20-11-8-7-9-12-20)29-18(5)19(6)30-25/h7-14,16-19H,15H2,1-6H3,(H2,26,27,28)/t18-,19+,25?. The maximum atomic E-state index is 12.9. The molecule has 1 aliphatic heterocycles. The van der Waals surface area contributed by atoms with Crippen LogP contribution in [0.2, 0.25) is 0 Å². The van der Waals surface area contributed by atoms with E-state index < -0.39 is 5.79 Å². The molecule has 5 nitrogen and oxygen atoms in total. The first kappa shape index (κ1) is 22.3. The highest BCUT2D eigenvalue weighted by Gasteiger charge is 2.45. The van der Waals surface area contributed by atoms with Gasteiger partial charge in [-0.15, -0.1) is 0 Å². The van der Waals surface area contributed by atoms with Crippen LogP contribution in [-0.4, -0.2) is 24.8 Å². The molecule has 162 valence electrons. The number of benzene rings is 2. The first-order valence-corrected chi connectivity index (χ1v) is 10.8. The lowest BCUT2D eigenvalue weighted by Gasteiger charge is -2.29. The summed E-state index contributed by atoms with van der Waals surface area (Å²) in [4.78, 5) is 12.9. The lowest BCUT2D eigenvalue weighted by Crippen LogP contribution is -2.44. The van der Waals surface area contributed by atoms with E-state index in [1.54, 1.807) is 0 Å². The van der Waals surface area contributed by atoms with E-state index >= 15 is 0 Å². The molecule has 0 aromatic heterocycles. The van der Waals surface area contributed by atoms with Crippen LogP contribution in [0.4, 0.5) is 10.5 Å². The number of rotatable bonds is 6. The Kier molecular flexibility index (Phi) is 6.84. The summed E-state index contributed by atoms with van der Waals surface area (Å²) in [7, 11) is 0. The van der Waals surface area contributed by atoms with Gasteiger partial charge in [0.05, 0.1) is 18.8 Å². The molecule has 2 amide bonds. The molecule has 1 aliphatic rings. The maximum Gasteiger partial charge on any atom is 0.319 e. The van der Waals surface area contributed by atoms with Gasteiger partial charge in [0.25, 0.3) is 0 Å². The number of nitrogens with one attached hydrogen (secondary N) is 2. The molecule has 1 fully saturated rings. The van der Waals surface area contributed by atoms with Gasteiger partial charge in [0.2, 0.25) is 5.79 Å². The van der Waals surface area contributed by atoms with Crippen LogP contribution in [-0.2, 0) is 15.3 Å². The SMILES string of the molecule is CC(C)c1cccc(C(C)C)c1NC(=O)NCC1(c2ccccc2)O[C@@H](C)[C@@H](C)O1. The fourth-order valence-electron chi connectivity index (χ4n) is 3.88. The van der Waals surface area contributed by atoms with E-state index in [-0.39, 0.29) is 24.8 Å². The maximum absolute atomic E-state index is 12.9. The summed E-state index contributed by atoms with van der Waals surface area (Å²) in [5, 5.41) is 6.08. The van der Waals surface area contributed by atoms with E-state index in [1.807, 2.05) is 44.2 Å². The normalized spacial score (nSPS) is 23.7. The van der Waals surface area contributed by atoms with Crippen molar-refractivity contribution in [3.05, 3.63) is 65.2 Å². The highest BCUT2D eigenvalue weighted by Crippen LogP contribution is 2.37. The van der Waals surface area contributed by atoms with Crippen molar-refractivity contribution in [2.24, 2.45) is 0 Å². The first-order chi connectivity index (χ1) is 14.2. The lowest BCUT2D eigenvalue weighted by atomic mass is 9.93. The van der Waals surface area contributed by atoms with Crippen LogP contribution in [0.25, 0.3) is 0 Å². The molecule has 30 heavy (non-hydrogen) atoms. The highest BCUT2D eigenvalue weighted by molar-refractivity contribution is 5.91. The third-order valence-corrected chi connectivity index (χ3v) is 5.72. The smallest absolute Gasteiger partial charge is 0.319 e. The minimum Gasteiger partial charge on any atom is -0.339 e. The van der Waals surface area contributed by atoms with Crippen molar-refractivity contribution in [3.63, 3.8) is 0 Å². The molecule has 2 N–H and O–H groups in total. The predicted octanol–water partition coefficient (Wildman–Crippen LogP) is 5.73. The molecule has 2 aromatic carbocycles. The number of urea groups is 1. The Balaban J connectivity index is 1.80. The summed E-state index contributed by atoms with van der Waals surface area (Å²) in [6, 6.07) is 15.7. The molecule has 5 heteroatoms. The van der Waals surface area contributed by atoms with Crippen molar-refractivity contribution in [3.8, 4) is 0 Å². The second-order valence-corrected chi connectivity index (χ2v) is 8.69. The minimum absolute atomic E-state index is 0.0655. The molecular formula is C25H34N2O3. The van der Waals surface area contributed by atoms with Gasteiger partial charge in [-0.05, 0) is 36.8 Å². The molecule has 3 rings (SSSR count). The monoisotopic (exact) mass is 410 g/mol. The Morgan fingerprint density at radius 1 is 0.900 bits per heavy atom. The van der Waals surface area contributed by atoms with Crippen molar-refractivity contribution < 1.29 is 14.3 Å².